The van der Waals surface area contributed by atoms with Gasteiger partial charge in [-0.2, -0.15) is 5.10 Å². The van der Waals surface area contributed by atoms with Gasteiger partial charge in [0.1, 0.15) is 5.69 Å². The van der Waals surface area contributed by atoms with Gasteiger partial charge in [0.05, 0.1) is 0 Å². The van der Waals surface area contributed by atoms with Gasteiger partial charge < -0.3 is 5.32 Å². The number of alkyl halides is 1. The van der Waals surface area contributed by atoms with E-state index in [0.29, 0.717) is 12.4 Å². The highest BCUT2D eigenvalue weighted by atomic mass is 35.5. The number of halogens is 1. The molecule has 0 aliphatic carbocycles. The summed E-state index contributed by atoms with van der Waals surface area (Å²) in [6.45, 7) is 0.379. The van der Waals surface area contributed by atoms with Gasteiger partial charge in [-0.25, -0.2) is 5.10 Å². The summed E-state index contributed by atoms with van der Waals surface area (Å²) in [7, 11) is 0. The van der Waals surface area contributed by atoms with E-state index in [4.69, 9.17) is 11.6 Å². The predicted octanol–water partition coefficient (Wildman–Crippen LogP) is 1.44. The van der Waals surface area contributed by atoms with Gasteiger partial charge in [0.15, 0.2) is 0 Å². The topological polar surface area (TPSA) is 74.8 Å². The fourth-order valence-electron chi connectivity index (χ4n) is 1.57. The number of hydrogen-bond donors (Lipinski definition) is 2. The number of carbonyl (C=O) groups is 1. The van der Waals surface area contributed by atoms with Crippen molar-refractivity contribution in [2.45, 2.75) is 12.4 Å². The lowest BCUT2D eigenvalue weighted by Gasteiger charge is -2.05. The van der Waals surface area contributed by atoms with Crippen LogP contribution in [0.5, 0.6) is 0 Å². The first kappa shape index (κ1) is 13.3. The number of nitrogens with one attached hydrogen (secondary N) is 2. The Labute approximate surface area is 114 Å². The first-order chi connectivity index (χ1) is 9.19. The lowest BCUT2D eigenvalue weighted by molar-refractivity contribution is 0.0945. The van der Waals surface area contributed by atoms with Crippen molar-refractivity contribution < 1.29 is 4.79 Å². The molecule has 6 heteroatoms. The first-order valence-corrected chi connectivity index (χ1v) is 6.20. The summed E-state index contributed by atoms with van der Waals surface area (Å²) in [5.41, 5.74) is 1.78. The first-order valence-electron chi connectivity index (χ1n) is 5.67. The van der Waals surface area contributed by atoms with Gasteiger partial charge in [-0.1, -0.05) is 24.3 Å². The fourth-order valence-corrected chi connectivity index (χ4v) is 1.73. The van der Waals surface area contributed by atoms with Crippen LogP contribution in [0, 0.1) is 0 Å². The molecule has 0 bridgehead atoms. The zero-order chi connectivity index (χ0) is 13.7. The highest BCUT2D eigenvalue weighted by Crippen LogP contribution is 2.07. The molecule has 1 heterocycles. The van der Waals surface area contributed by atoms with Crippen molar-refractivity contribution in [2.24, 2.45) is 0 Å². The van der Waals surface area contributed by atoms with Crippen LogP contribution in [-0.4, -0.2) is 16.1 Å². The second-order valence-corrected chi connectivity index (χ2v) is 4.21. The fraction of sp³-hybridized carbons (Fsp3) is 0.154. The van der Waals surface area contributed by atoms with Crippen LogP contribution in [-0.2, 0) is 12.4 Å². The molecule has 0 aliphatic rings. The molecule has 0 saturated heterocycles. The molecular formula is C13H12ClN3O2. The highest BCUT2D eigenvalue weighted by molar-refractivity contribution is 6.17. The van der Waals surface area contributed by atoms with E-state index in [9.17, 15) is 9.59 Å². The van der Waals surface area contributed by atoms with Crippen LogP contribution < -0.4 is 10.9 Å². The zero-order valence-electron chi connectivity index (χ0n) is 10.0. The van der Waals surface area contributed by atoms with E-state index in [1.165, 1.54) is 12.1 Å². The summed E-state index contributed by atoms with van der Waals surface area (Å²) in [6.07, 6.45) is 0. The Kier molecular flexibility index (Phi) is 4.30. The van der Waals surface area contributed by atoms with Gasteiger partial charge >= 0.3 is 0 Å². The summed E-state index contributed by atoms with van der Waals surface area (Å²) in [5.74, 6) is 0.0935. The normalized spacial score (nSPS) is 10.2. The summed E-state index contributed by atoms with van der Waals surface area (Å²) in [4.78, 5) is 22.6. The monoisotopic (exact) mass is 277 g/mol. The molecule has 0 radical (unpaired) electrons. The Morgan fingerprint density at radius 3 is 2.74 bits per heavy atom. The summed E-state index contributed by atoms with van der Waals surface area (Å²) in [5, 5.41) is 8.59. The lowest BCUT2D eigenvalue weighted by Crippen LogP contribution is -2.25. The maximum Gasteiger partial charge on any atom is 0.271 e. The van der Waals surface area contributed by atoms with E-state index >= 15 is 0 Å². The predicted molar refractivity (Wildman–Crippen MR) is 72.0 cm³/mol. The summed E-state index contributed by atoms with van der Waals surface area (Å²) < 4.78 is 0. The number of aromatic amines is 1. The lowest BCUT2D eigenvalue weighted by atomic mass is 10.1. The number of nitrogens with zero attached hydrogens (tertiary/aromatic N) is 1. The molecular weight excluding hydrogens is 266 g/mol. The van der Waals surface area contributed by atoms with Crippen molar-refractivity contribution >= 4 is 17.5 Å². The average Bonchev–Trinajstić information content (AvgIpc) is 2.46. The van der Waals surface area contributed by atoms with Gasteiger partial charge in [0.2, 0.25) is 0 Å². The molecule has 19 heavy (non-hydrogen) atoms. The number of hydrogen-bond acceptors (Lipinski definition) is 3. The average molecular weight is 278 g/mol. The molecule has 2 N–H and O–H groups in total. The van der Waals surface area contributed by atoms with E-state index in [1.807, 2.05) is 24.3 Å². The molecule has 0 unspecified atom stereocenters. The minimum absolute atomic E-state index is 0.174. The van der Waals surface area contributed by atoms with Gasteiger partial charge in [-0.05, 0) is 17.2 Å². The smallest absolute Gasteiger partial charge is 0.271 e. The molecule has 1 aromatic heterocycles. The number of amides is 1. The Morgan fingerprint density at radius 2 is 2.05 bits per heavy atom. The summed E-state index contributed by atoms with van der Waals surface area (Å²) >= 11 is 5.74. The Balaban J connectivity index is 2.00. The Morgan fingerprint density at radius 1 is 1.26 bits per heavy atom. The SMILES string of the molecule is O=C(NCc1cccc(CCl)c1)c1ccc(=O)[nH]n1. The number of carbonyl (C=O) groups excluding carboxylic acids is 1. The maximum atomic E-state index is 11.8. The van der Waals surface area contributed by atoms with Crippen molar-refractivity contribution in [3.63, 3.8) is 0 Å². The van der Waals surface area contributed by atoms with Crippen molar-refractivity contribution in [3.05, 3.63) is 63.6 Å². The second-order valence-electron chi connectivity index (χ2n) is 3.94. The van der Waals surface area contributed by atoms with Crippen molar-refractivity contribution in [1.82, 2.24) is 15.5 Å². The molecule has 2 aromatic rings. The van der Waals surface area contributed by atoms with Gasteiger partial charge in [-0.15, -0.1) is 11.6 Å². The van der Waals surface area contributed by atoms with Crippen LogP contribution in [0.1, 0.15) is 21.6 Å². The molecule has 98 valence electrons. The van der Waals surface area contributed by atoms with Crippen molar-refractivity contribution in [3.8, 4) is 0 Å². The molecule has 0 aliphatic heterocycles. The van der Waals surface area contributed by atoms with E-state index in [1.54, 1.807) is 0 Å². The van der Waals surface area contributed by atoms with Gasteiger partial charge in [0, 0.05) is 18.5 Å². The molecule has 0 atom stereocenters. The zero-order valence-corrected chi connectivity index (χ0v) is 10.8. The Hall–Kier alpha value is -2.14. The van der Waals surface area contributed by atoms with Crippen LogP contribution in [0.4, 0.5) is 0 Å². The molecule has 5 nitrogen and oxygen atoms in total. The third kappa shape index (κ3) is 3.66. The molecule has 0 fully saturated rings. The van der Waals surface area contributed by atoms with Crippen LogP contribution >= 0.6 is 11.6 Å². The number of rotatable bonds is 4. The van der Waals surface area contributed by atoms with Gasteiger partial charge in [-0.3, -0.25) is 9.59 Å². The maximum absolute atomic E-state index is 11.8. The minimum Gasteiger partial charge on any atom is -0.347 e. The van der Waals surface area contributed by atoms with Crippen LogP contribution in [0.25, 0.3) is 0 Å². The van der Waals surface area contributed by atoms with Crippen molar-refractivity contribution in [1.29, 1.82) is 0 Å². The standard InChI is InChI=1S/C13H12ClN3O2/c14-7-9-2-1-3-10(6-9)8-15-13(19)11-4-5-12(18)17-16-11/h1-6H,7-8H2,(H,15,19)(H,17,18). The third-order valence-corrected chi connectivity index (χ3v) is 2.82. The summed E-state index contributed by atoms with van der Waals surface area (Å²) in [6, 6.07) is 10.3. The molecule has 1 amide bonds. The highest BCUT2D eigenvalue weighted by Gasteiger charge is 2.06. The molecule has 1 aromatic carbocycles. The van der Waals surface area contributed by atoms with E-state index < -0.39 is 0 Å². The van der Waals surface area contributed by atoms with Crippen LogP contribution in [0.3, 0.4) is 0 Å². The molecule has 0 spiro atoms. The van der Waals surface area contributed by atoms with Crippen LogP contribution in [0.2, 0.25) is 0 Å². The number of benzene rings is 1. The number of H-pyrrole nitrogens is 1. The van der Waals surface area contributed by atoms with Gasteiger partial charge in [0.25, 0.3) is 11.5 Å². The van der Waals surface area contributed by atoms with E-state index in [0.717, 1.165) is 11.1 Å². The van der Waals surface area contributed by atoms with E-state index in [2.05, 4.69) is 15.5 Å². The molecule has 0 saturated carbocycles. The number of aromatic nitrogens is 2. The second kappa shape index (κ2) is 6.15. The quantitative estimate of drug-likeness (QED) is 0.831. The van der Waals surface area contributed by atoms with E-state index in [-0.39, 0.29) is 17.2 Å². The minimum atomic E-state index is -0.341. The largest absolute Gasteiger partial charge is 0.347 e. The third-order valence-electron chi connectivity index (χ3n) is 2.51. The van der Waals surface area contributed by atoms with Crippen molar-refractivity contribution in [2.75, 3.05) is 0 Å². The molecule has 2 rings (SSSR count). The Bertz CT molecular complexity index is 619. The van der Waals surface area contributed by atoms with Crippen LogP contribution in [0.15, 0.2) is 41.2 Å².